The minimum absolute atomic E-state index is 0.0991. The van der Waals surface area contributed by atoms with Crippen LogP contribution < -0.4 is 16.0 Å². The minimum Gasteiger partial charge on any atom is -0.356 e. The molecule has 5 nitrogen and oxygen atoms in total. The van der Waals surface area contributed by atoms with Gasteiger partial charge in [-0.3, -0.25) is 9.79 Å². The van der Waals surface area contributed by atoms with Crippen molar-refractivity contribution in [2.75, 3.05) is 26.7 Å². The summed E-state index contributed by atoms with van der Waals surface area (Å²) < 4.78 is 13.6. The number of carbonyl (C=O) groups excluding carboxylic acids is 1. The van der Waals surface area contributed by atoms with Crippen LogP contribution in [0.15, 0.2) is 59.6 Å². The van der Waals surface area contributed by atoms with Crippen LogP contribution in [-0.4, -0.2) is 38.5 Å². The van der Waals surface area contributed by atoms with Crippen molar-refractivity contribution in [3.63, 3.8) is 0 Å². The van der Waals surface area contributed by atoms with Gasteiger partial charge in [0.25, 0.3) is 0 Å². The summed E-state index contributed by atoms with van der Waals surface area (Å²) in [6.45, 7) is 1.24. The Morgan fingerprint density at radius 3 is 2.35 bits per heavy atom. The SMILES string of the molecule is CN=C(NCCc1ccccc1F)NCC(=O)NCCc1ccccc1. The van der Waals surface area contributed by atoms with Gasteiger partial charge in [-0.25, -0.2) is 4.39 Å². The molecule has 1 amide bonds. The summed E-state index contributed by atoms with van der Waals surface area (Å²) in [5, 5.41) is 8.89. The monoisotopic (exact) mass is 356 g/mol. The number of guanidine groups is 1. The molecule has 0 saturated heterocycles. The van der Waals surface area contributed by atoms with Crippen LogP contribution in [0.2, 0.25) is 0 Å². The predicted molar refractivity (Wildman–Crippen MR) is 103 cm³/mol. The number of hydrogen-bond acceptors (Lipinski definition) is 2. The second-order valence-electron chi connectivity index (χ2n) is 5.78. The zero-order valence-electron chi connectivity index (χ0n) is 15.0. The van der Waals surface area contributed by atoms with E-state index in [4.69, 9.17) is 0 Å². The first-order valence-corrected chi connectivity index (χ1v) is 8.67. The number of halogens is 1. The molecule has 0 unspecified atom stereocenters. The van der Waals surface area contributed by atoms with Gasteiger partial charge in [-0.15, -0.1) is 0 Å². The molecular weight excluding hydrogens is 331 g/mol. The average molecular weight is 356 g/mol. The summed E-state index contributed by atoms with van der Waals surface area (Å²) in [5.41, 5.74) is 1.83. The Bertz CT molecular complexity index is 719. The van der Waals surface area contributed by atoms with Gasteiger partial charge in [0.2, 0.25) is 5.91 Å². The Kier molecular flexibility index (Phi) is 8.12. The van der Waals surface area contributed by atoms with Gasteiger partial charge in [-0.05, 0) is 30.0 Å². The van der Waals surface area contributed by atoms with Gasteiger partial charge in [-0.2, -0.15) is 0 Å². The highest BCUT2D eigenvalue weighted by atomic mass is 19.1. The van der Waals surface area contributed by atoms with Gasteiger partial charge < -0.3 is 16.0 Å². The van der Waals surface area contributed by atoms with E-state index < -0.39 is 0 Å². The third kappa shape index (κ3) is 6.93. The molecule has 0 aromatic heterocycles. The number of hydrogen-bond donors (Lipinski definition) is 3. The molecular formula is C20H25FN4O. The Hall–Kier alpha value is -2.89. The molecule has 0 heterocycles. The van der Waals surface area contributed by atoms with Gasteiger partial charge in [0.1, 0.15) is 5.82 Å². The molecule has 3 N–H and O–H groups in total. The molecule has 0 saturated carbocycles. The molecule has 0 atom stereocenters. The lowest BCUT2D eigenvalue weighted by molar-refractivity contribution is -0.119. The molecule has 2 aromatic rings. The highest BCUT2D eigenvalue weighted by Crippen LogP contribution is 2.06. The summed E-state index contributed by atoms with van der Waals surface area (Å²) in [7, 11) is 1.63. The van der Waals surface area contributed by atoms with E-state index in [-0.39, 0.29) is 18.3 Å². The second kappa shape index (κ2) is 10.9. The summed E-state index contributed by atoms with van der Waals surface area (Å²) in [6.07, 6.45) is 1.33. The standard InChI is InChI=1S/C20H25FN4O/c1-22-20(24-14-12-17-9-5-6-10-18(17)21)25-15-19(26)23-13-11-16-7-3-2-4-8-16/h2-10H,11-15H2,1H3,(H,23,26)(H2,22,24,25). The largest absolute Gasteiger partial charge is 0.356 e. The maximum atomic E-state index is 13.6. The van der Waals surface area contributed by atoms with E-state index in [1.807, 2.05) is 36.4 Å². The first-order valence-electron chi connectivity index (χ1n) is 8.67. The number of nitrogens with one attached hydrogen (secondary N) is 3. The summed E-state index contributed by atoms with van der Waals surface area (Å²) in [4.78, 5) is 15.9. The van der Waals surface area contributed by atoms with Crippen molar-refractivity contribution < 1.29 is 9.18 Å². The normalized spacial score (nSPS) is 11.1. The molecule has 0 aliphatic heterocycles. The van der Waals surface area contributed by atoms with Crippen LogP contribution in [0.1, 0.15) is 11.1 Å². The fourth-order valence-corrected chi connectivity index (χ4v) is 2.45. The Balaban J connectivity index is 1.63. The van der Waals surface area contributed by atoms with Gasteiger partial charge in [0.05, 0.1) is 6.54 Å². The molecule has 0 spiro atoms. The predicted octanol–water partition coefficient (Wildman–Crippen LogP) is 1.89. The number of carbonyl (C=O) groups is 1. The average Bonchev–Trinajstić information content (AvgIpc) is 2.66. The Morgan fingerprint density at radius 1 is 0.923 bits per heavy atom. The molecule has 2 aromatic carbocycles. The molecule has 0 bridgehead atoms. The molecule has 138 valence electrons. The van der Waals surface area contributed by atoms with Crippen LogP contribution in [0.4, 0.5) is 4.39 Å². The lowest BCUT2D eigenvalue weighted by Crippen LogP contribution is -2.44. The molecule has 26 heavy (non-hydrogen) atoms. The third-order valence-electron chi connectivity index (χ3n) is 3.86. The van der Waals surface area contributed by atoms with Crippen molar-refractivity contribution in [3.8, 4) is 0 Å². The molecule has 0 aliphatic rings. The lowest BCUT2D eigenvalue weighted by atomic mass is 10.1. The van der Waals surface area contributed by atoms with Crippen molar-refractivity contribution in [2.24, 2.45) is 4.99 Å². The number of rotatable bonds is 8. The van der Waals surface area contributed by atoms with E-state index in [1.165, 1.54) is 11.6 Å². The van der Waals surface area contributed by atoms with Crippen molar-refractivity contribution in [1.29, 1.82) is 0 Å². The van der Waals surface area contributed by atoms with E-state index in [9.17, 15) is 9.18 Å². The van der Waals surface area contributed by atoms with E-state index in [0.717, 1.165) is 6.42 Å². The molecule has 0 aliphatic carbocycles. The smallest absolute Gasteiger partial charge is 0.239 e. The first kappa shape index (κ1) is 19.4. The van der Waals surface area contributed by atoms with Gasteiger partial charge >= 0.3 is 0 Å². The van der Waals surface area contributed by atoms with Crippen LogP contribution >= 0.6 is 0 Å². The van der Waals surface area contributed by atoms with Gasteiger partial charge in [0, 0.05) is 20.1 Å². The van der Waals surface area contributed by atoms with E-state index in [2.05, 4.69) is 20.9 Å². The zero-order valence-corrected chi connectivity index (χ0v) is 15.0. The fourth-order valence-electron chi connectivity index (χ4n) is 2.45. The second-order valence-corrected chi connectivity index (χ2v) is 5.78. The zero-order chi connectivity index (χ0) is 18.6. The Morgan fingerprint density at radius 2 is 1.62 bits per heavy atom. The van der Waals surface area contributed by atoms with Crippen molar-refractivity contribution in [1.82, 2.24) is 16.0 Å². The number of amides is 1. The van der Waals surface area contributed by atoms with E-state index in [0.29, 0.717) is 31.0 Å². The topological polar surface area (TPSA) is 65.5 Å². The quantitative estimate of drug-likeness (QED) is 0.500. The molecule has 0 radical (unpaired) electrons. The molecule has 0 fully saturated rings. The first-order chi connectivity index (χ1) is 12.7. The lowest BCUT2D eigenvalue weighted by Gasteiger charge is -2.12. The van der Waals surface area contributed by atoms with E-state index >= 15 is 0 Å². The minimum atomic E-state index is -0.213. The maximum Gasteiger partial charge on any atom is 0.239 e. The van der Waals surface area contributed by atoms with Crippen LogP contribution in [0.3, 0.4) is 0 Å². The van der Waals surface area contributed by atoms with Crippen LogP contribution in [0, 0.1) is 5.82 Å². The third-order valence-corrected chi connectivity index (χ3v) is 3.86. The fraction of sp³-hybridized carbons (Fsp3) is 0.300. The van der Waals surface area contributed by atoms with Crippen molar-refractivity contribution in [2.45, 2.75) is 12.8 Å². The summed E-state index contributed by atoms with van der Waals surface area (Å²) in [5.74, 6) is 0.201. The van der Waals surface area contributed by atoms with Crippen molar-refractivity contribution >= 4 is 11.9 Å². The van der Waals surface area contributed by atoms with Gasteiger partial charge in [-0.1, -0.05) is 48.5 Å². The number of nitrogens with zero attached hydrogens (tertiary/aromatic N) is 1. The maximum absolute atomic E-state index is 13.6. The highest BCUT2D eigenvalue weighted by molar-refractivity contribution is 5.86. The van der Waals surface area contributed by atoms with Crippen LogP contribution in [-0.2, 0) is 17.6 Å². The molecule has 2 rings (SSSR count). The number of benzene rings is 2. The van der Waals surface area contributed by atoms with Gasteiger partial charge in [0.15, 0.2) is 5.96 Å². The summed E-state index contributed by atoms with van der Waals surface area (Å²) >= 11 is 0. The highest BCUT2D eigenvalue weighted by Gasteiger charge is 2.04. The Labute approximate surface area is 153 Å². The van der Waals surface area contributed by atoms with Crippen LogP contribution in [0.5, 0.6) is 0 Å². The molecule has 6 heteroatoms. The number of aliphatic imine (C=N–C) groups is 1. The van der Waals surface area contributed by atoms with Crippen LogP contribution in [0.25, 0.3) is 0 Å². The summed E-state index contributed by atoms with van der Waals surface area (Å²) in [6, 6.07) is 16.7. The van der Waals surface area contributed by atoms with E-state index in [1.54, 1.807) is 19.2 Å². The van der Waals surface area contributed by atoms with Crippen molar-refractivity contribution in [3.05, 3.63) is 71.5 Å².